The minimum absolute atomic E-state index is 0.263. The molecule has 5 heavy (non-hydrogen) atoms. The van der Waals surface area contributed by atoms with E-state index in [-0.39, 0.29) is 7.83 Å². The van der Waals surface area contributed by atoms with Crippen LogP contribution in [0, 0.1) is 0 Å². The largest absolute Gasteiger partial charge is 0.0684 e. The van der Waals surface area contributed by atoms with Crippen LogP contribution in [-0.4, -0.2) is 27.4 Å². The molecule has 0 unspecified atom stereocenters. The molecule has 0 amide bonds. The Morgan fingerprint density at radius 1 is 1.60 bits per heavy atom. The van der Waals surface area contributed by atoms with Crippen LogP contribution in [0.3, 0.4) is 0 Å². The molecule has 0 saturated heterocycles. The van der Waals surface area contributed by atoms with Crippen molar-refractivity contribution in [2.45, 2.75) is 13.0 Å². The van der Waals surface area contributed by atoms with E-state index in [9.17, 15) is 0 Å². The van der Waals surface area contributed by atoms with Crippen LogP contribution >= 0.6 is 0 Å². The van der Waals surface area contributed by atoms with Crippen molar-refractivity contribution in [3.8, 4) is 0 Å². The molecule has 0 nitrogen and oxygen atoms in total. The van der Waals surface area contributed by atoms with Crippen LogP contribution in [-0.2, 0) is 0 Å². The van der Waals surface area contributed by atoms with E-state index in [1.807, 2.05) is 0 Å². The lowest BCUT2D eigenvalue weighted by Gasteiger charge is -1.86. The van der Waals surface area contributed by atoms with E-state index < -0.39 is 0 Å². The molecular weight excluding hydrogens is 108 g/mol. The summed E-state index contributed by atoms with van der Waals surface area (Å²) >= 11 is 0. The summed E-state index contributed by atoms with van der Waals surface area (Å²) in [6.45, 7) is 2.15. The zero-order valence-corrected chi connectivity index (χ0v) is 6.21. The van der Waals surface area contributed by atoms with Crippen LogP contribution in [0.4, 0.5) is 0 Å². The fraction of sp³-hybridized carbons (Fsp3) is 1.00. The third kappa shape index (κ3) is 4.65. The van der Waals surface area contributed by atoms with Crippen molar-refractivity contribution < 1.29 is 0 Å². The number of hydrogen-bond donors (Lipinski definition) is 0. The van der Waals surface area contributed by atoms with Gasteiger partial charge in [0.25, 0.3) is 0 Å². The first-order valence-corrected chi connectivity index (χ1v) is 6.27. The monoisotopic (exact) mass is 113 g/mol. The average Bonchev–Trinajstić information content (AvgIpc) is 1.38. The second-order valence-electron chi connectivity index (χ2n) is 0.832. The molecule has 3 heteroatoms. The zero-order valence-electron chi connectivity index (χ0n) is 3.21. The lowest BCUT2D eigenvalue weighted by Crippen LogP contribution is -2.09. The average molecular weight is 113 g/mol. The molecule has 0 aromatic heterocycles. The molecule has 0 aliphatic heterocycles. The zero-order chi connectivity index (χ0) is 4.28. The standard InChI is InChI=1S/C2H5Si3/c1-2-5(3)4/h2H2,1H3. The lowest BCUT2D eigenvalue weighted by molar-refractivity contribution is 1.47. The highest BCUT2D eigenvalue weighted by atomic mass is 29.5. The summed E-state index contributed by atoms with van der Waals surface area (Å²) in [5.74, 6) is 0. The summed E-state index contributed by atoms with van der Waals surface area (Å²) in [4.78, 5) is 0. The van der Waals surface area contributed by atoms with Crippen molar-refractivity contribution in [2.24, 2.45) is 0 Å². The van der Waals surface area contributed by atoms with Gasteiger partial charge in [0.15, 0.2) is 0 Å². The Morgan fingerprint density at radius 2 is 1.80 bits per heavy atom. The molecule has 0 N–H and O–H groups in total. The summed E-state index contributed by atoms with van der Waals surface area (Å²) in [6, 6.07) is 1.23. The van der Waals surface area contributed by atoms with Gasteiger partial charge in [0.1, 0.15) is 0 Å². The molecule has 0 heterocycles. The molecule has 0 aromatic rings. The van der Waals surface area contributed by atoms with Crippen LogP contribution in [0.25, 0.3) is 0 Å². The first kappa shape index (κ1) is 5.65. The summed E-state index contributed by atoms with van der Waals surface area (Å²) in [6.07, 6.45) is 0. The lowest BCUT2D eigenvalue weighted by atomic mass is 11.0. The van der Waals surface area contributed by atoms with Crippen molar-refractivity contribution in [3.05, 3.63) is 0 Å². The molecule has 0 aliphatic carbocycles. The second kappa shape index (κ2) is 2.87. The smallest absolute Gasteiger partial charge is 0.0141 e. The SMILES string of the molecule is CC[Si]([Si])[Si]. The summed E-state index contributed by atoms with van der Waals surface area (Å²) in [5.41, 5.74) is 0. The Kier molecular flexibility index (Phi) is 3.24. The topological polar surface area (TPSA) is 0 Å². The van der Waals surface area contributed by atoms with Gasteiger partial charge in [-0.15, -0.1) is 0 Å². The molecule has 7 radical (unpaired) electrons. The van der Waals surface area contributed by atoms with E-state index in [0.717, 1.165) is 0 Å². The van der Waals surface area contributed by atoms with Crippen LogP contribution < -0.4 is 0 Å². The highest BCUT2D eigenvalue weighted by Crippen LogP contribution is 1.72. The van der Waals surface area contributed by atoms with Crippen molar-refractivity contribution in [3.63, 3.8) is 0 Å². The van der Waals surface area contributed by atoms with Crippen molar-refractivity contribution >= 4 is 27.4 Å². The van der Waals surface area contributed by atoms with Gasteiger partial charge >= 0.3 is 0 Å². The molecule has 0 aromatic carbocycles. The van der Waals surface area contributed by atoms with Crippen molar-refractivity contribution in [1.29, 1.82) is 0 Å². The maximum Gasteiger partial charge on any atom is 0.0141 e. The van der Waals surface area contributed by atoms with Gasteiger partial charge in [-0.3, -0.25) is 0 Å². The molecular formula is C2H5Si3. The molecule has 0 rings (SSSR count). The minimum Gasteiger partial charge on any atom is -0.0684 e. The van der Waals surface area contributed by atoms with Crippen LogP contribution in [0.15, 0.2) is 0 Å². The Bertz CT molecular complexity index is 18.9. The summed E-state index contributed by atoms with van der Waals surface area (Å²) in [5, 5.41) is 0. The summed E-state index contributed by atoms with van der Waals surface area (Å²) < 4.78 is 0. The van der Waals surface area contributed by atoms with Crippen LogP contribution in [0.5, 0.6) is 0 Å². The van der Waals surface area contributed by atoms with Gasteiger partial charge in [-0.25, -0.2) is 0 Å². The van der Waals surface area contributed by atoms with Crippen LogP contribution in [0.1, 0.15) is 6.92 Å². The first-order chi connectivity index (χ1) is 2.27. The van der Waals surface area contributed by atoms with Crippen molar-refractivity contribution in [1.82, 2.24) is 0 Å². The summed E-state index contributed by atoms with van der Waals surface area (Å²) in [7, 11) is 6.60. The molecule has 0 atom stereocenters. The maximum atomic E-state index is 3.43. The van der Waals surface area contributed by atoms with Crippen molar-refractivity contribution in [2.75, 3.05) is 0 Å². The fourth-order valence-corrected chi connectivity index (χ4v) is 0. The van der Waals surface area contributed by atoms with Gasteiger partial charge in [0, 0.05) is 27.4 Å². The van der Waals surface area contributed by atoms with E-state index in [2.05, 4.69) is 26.4 Å². The van der Waals surface area contributed by atoms with Gasteiger partial charge in [-0.2, -0.15) is 0 Å². The predicted octanol–water partition coefficient (Wildman–Crippen LogP) is -0.169. The first-order valence-electron chi connectivity index (χ1n) is 1.56. The Labute approximate surface area is 41.0 Å². The van der Waals surface area contributed by atoms with E-state index in [0.29, 0.717) is 0 Å². The Hall–Kier alpha value is 0.651. The molecule has 25 valence electrons. The fourth-order valence-electron chi connectivity index (χ4n) is 0. The third-order valence-corrected chi connectivity index (χ3v) is 3.18. The van der Waals surface area contributed by atoms with E-state index in [4.69, 9.17) is 0 Å². The Balaban J connectivity index is 2.54. The predicted molar refractivity (Wildman–Crippen MR) is 27.7 cm³/mol. The number of rotatable bonds is 1. The third-order valence-electron chi connectivity index (χ3n) is 0.354. The highest BCUT2D eigenvalue weighted by molar-refractivity contribution is 7.29. The van der Waals surface area contributed by atoms with Gasteiger partial charge < -0.3 is 0 Å². The highest BCUT2D eigenvalue weighted by Gasteiger charge is 1.84. The number of hydrogen-bond acceptors (Lipinski definition) is 0. The molecule has 0 fully saturated rings. The minimum atomic E-state index is -0.263. The van der Waals surface area contributed by atoms with Gasteiger partial charge in [0.2, 0.25) is 0 Å². The molecule has 0 saturated carbocycles. The normalized spacial score (nSPS) is 9.60. The van der Waals surface area contributed by atoms with Gasteiger partial charge in [0.05, 0.1) is 0 Å². The van der Waals surface area contributed by atoms with E-state index >= 15 is 0 Å². The van der Waals surface area contributed by atoms with E-state index in [1.165, 1.54) is 6.04 Å². The molecule has 0 aliphatic rings. The molecule has 0 spiro atoms. The molecule has 0 bridgehead atoms. The Morgan fingerprint density at radius 3 is 1.80 bits per heavy atom. The maximum absolute atomic E-state index is 3.43. The van der Waals surface area contributed by atoms with Gasteiger partial charge in [-0.05, 0) is 0 Å². The van der Waals surface area contributed by atoms with Crippen LogP contribution in [0.2, 0.25) is 6.04 Å². The quantitative estimate of drug-likeness (QED) is 0.414. The van der Waals surface area contributed by atoms with Gasteiger partial charge in [-0.1, -0.05) is 13.0 Å². The van der Waals surface area contributed by atoms with E-state index in [1.54, 1.807) is 0 Å². The second-order valence-corrected chi connectivity index (χ2v) is 7.62.